The third kappa shape index (κ3) is 7.75. The van der Waals surface area contributed by atoms with Gasteiger partial charge in [-0.3, -0.25) is 19.4 Å². The molecule has 2 heterocycles. The monoisotopic (exact) mass is 465 g/mol. The SMILES string of the molecule is NCC(=O)NC(Cc1cnc[nH]1)C(=O)NC(CCCN=C(N)N)C(=O)N1CCCC1C(=O)O. The minimum atomic E-state index is -1.10. The molecule has 182 valence electrons. The smallest absolute Gasteiger partial charge is 0.326 e. The molecule has 1 aliphatic rings. The predicted molar refractivity (Wildman–Crippen MR) is 117 cm³/mol. The van der Waals surface area contributed by atoms with Gasteiger partial charge in [0.1, 0.15) is 18.1 Å². The first-order chi connectivity index (χ1) is 15.7. The zero-order valence-electron chi connectivity index (χ0n) is 18.2. The van der Waals surface area contributed by atoms with Crippen molar-refractivity contribution in [2.24, 2.45) is 22.2 Å². The highest BCUT2D eigenvalue weighted by atomic mass is 16.4. The van der Waals surface area contributed by atoms with Crippen LogP contribution in [0, 0.1) is 0 Å². The number of carboxylic acid groups (broad SMARTS) is 1. The highest BCUT2D eigenvalue weighted by molar-refractivity contribution is 5.94. The van der Waals surface area contributed by atoms with Crippen LogP contribution in [-0.4, -0.2) is 87.4 Å². The molecule has 14 nitrogen and oxygen atoms in total. The van der Waals surface area contributed by atoms with Crippen molar-refractivity contribution >= 4 is 29.7 Å². The van der Waals surface area contributed by atoms with Crippen LogP contribution in [-0.2, 0) is 25.6 Å². The molecule has 1 aromatic rings. The Bertz CT molecular complexity index is 854. The number of rotatable bonds is 12. The van der Waals surface area contributed by atoms with Gasteiger partial charge in [-0.1, -0.05) is 0 Å². The summed E-state index contributed by atoms with van der Waals surface area (Å²) in [5, 5.41) is 14.6. The lowest BCUT2D eigenvalue weighted by Gasteiger charge is -2.28. The number of aromatic nitrogens is 2. The normalized spacial score (nSPS) is 17.1. The second kappa shape index (κ2) is 12.4. The molecule has 1 fully saturated rings. The van der Waals surface area contributed by atoms with E-state index >= 15 is 0 Å². The number of likely N-dealkylation sites (tertiary alicyclic amines) is 1. The summed E-state index contributed by atoms with van der Waals surface area (Å²) in [4.78, 5) is 61.5. The van der Waals surface area contributed by atoms with E-state index < -0.39 is 41.8 Å². The van der Waals surface area contributed by atoms with Crippen LogP contribution in [0.5, 0.6) is 0 Å². The van der Waals surface area contributed by atoms with Crippen LogP contribution in [0.3, 0.4) is 0 Å². The molecule has 0 aromatic carbocycles. The van der Waals surface area contributed by atoms with E-state index in [0.29, 0.717) is 25.0 Å². The van der Waals surface area contributed by atoms with Crippen molar-refractivity contribution in [1.29, 1.82) is 0 Å². The average molecular weight is 466 g/mol. The third-order valence-electron chi connectivity index (χ3n) is 5.20. The number of aliphatic carboxylic acids is 1. The van der Waals surface area contributed by atoms with Gasteiger partial charge in [-0.25, -0.2) is 9.78 Å². The summed E-state index contributed by atoms with van der Waals surface area (Å²) in [6, 6.07) is -3.00. The minimum absolute atomic E-state index is 0.0912. The van der Waals surface area contributed by atoms with Gasteiger partial charge in [0.25, 0.3) is 0 Å². The Labute approximate surface area is 190 Å². The van der Waals surface area contributed by atoms with E-state index in [-0.39, 0.29) is 38.4 Å². The number of carboxylic acids is 1. The Kier molecular flexibility index (Phi) is 9.60. The molecule has 1 aromatic heterocycles. The molecule has 3 atom stereocenters. The number of nitrogens with zero attached hydrogens (tertiary/aromatic N) is 3. The highest BCUT2D eigenvalue weighted by Crippen LogP contribution is 2.19. The molecule has 14 heteroatoms. The van der Waals surface area contributed by atoms with Crippen LogP contribution in [0.1, 0.15) is 31.4 Å². The molecule has 1 aliphatic heterocycles. The number of H-pyrrole nitrogens is 1. The fourth-order valence-corrected chi connectivity index (χ4v) is 3.60. The summed E-state index contributed by atoms with van der Waals surface area (Å²) in [5.74, 6) is -2.87. The number of guanidine groups is 1. The maximum atomic E-state index is 13.2. The molecule has 0 bridgehead atoms. The lowest BCUT2D eigenvalue weighted by atomic mass is 10.1. The summed E-state index contributed by atoms with van der Waals surface area (Å²) in [6.45, 7) is 0.186. The lowest BCUT2D eigenvalue weighted by molar-refractivity contribution is -0.149. The van der Waals surface area contributed by atoms with Gasteiger partial charge in [0.2, 0.25) is 17.7 Å². The second-order valence-electron chi connectivity index (χ2n) is 7.64. The summed E-state index contributed by atoms with van der Waals surface area (Å²) in [6.07, 6.45) is 4.45. The van der Waals surface area contributed by atoms with Crippen molar-refractivity contribution < 1.29 is 24.3 Å². The molecule has 2 rings (SSSR count). The van der Waals surface area contributed by atoms with Crippen molar-refractivity contribution in [1.82, 2.24) is 25.5 Å². The Hall–Kier alpha value is -3.68. The number of hydrogen-bond acceptors (Lipinski definition) is 7. The van der Waals surface area contributed by atoms with Crippen molar-refractivity contribution in [3.8, 4) is 0 Å². The Balaban J connectivity index is 2.17. The van der Waals surface area contributed by atoms with Crippen molar-refractivity contribution in [2.45, 2.75) is 50.2 Å². The maximum Gasteiger partial charge on any atom is 0.326 e. The van der Waals surface area contributed by atoms with Crippen molar-refractivity contribution in [3.63, 3.8) is 0 Å². The molecule has 10 N–H and O–H groups in total. The zero-order valence-corrected chi connectivity index (χ0v) is 18.2. The lowest BCUT2D eigenvalue weighted by Crippen LogP contribution is -2.56. The Morgan fingerprint density at radius 3 is 2.64 bits per heavy atom. The van der Waals surface area contributed by atoms with Crippen LogP contribution in [0.4, 0.5) is 0 Å². The van der Waals surface area contributed by atoms with Crippen LogP contribution in [0.25, 0.3) is 0 Å². The van der Waals surface area contributed by atoms with Crippen molar-refractivity contribution in [2.75, 3.05) is 19.6 Å². The van der Waals surface area contributed by atoms with E-state index in [1.54, 1.807) is 0 Å². The summed E-state index contributed by atoms with van der Waals surface area (Å²) >= 11 is 0. The molecule has 0 aliphatic carbocycles. The molecular formula is C19H31N9O5. The number of imidazole rings is 1. The number of amides is 3. The molecule has 1 saturated heterocycles. The molecule has 0 saturated carbocycles. The molecule has 0 spiro atoms. The van der Waals surface area contributed by atoms with Crippen LogP contribution in [0.2, 0.25) is 0 Å². The van der Waals surface area contributed by atoms with Gasteiger partial charge in [0.15, 0.2) is 5.96 Å². The number of aromatic amines is 1. The number of nitrogens with one attached hydrogen (secondary N) is 3. The van der Waals surface area contributed by atoms with E-state index in [9.17, 15) is 24.3 Å². The van der Waals surface area contributed by atoms with Gasteiger partial charge in [0.05, 0.1) is 12.9 Å². The van der Waals surface area contributed by atoms with E-state index in [1.165, 1.54) is 17.4 Å². The second-order valence-corrected chi connectivity index (χ2v) is 7.64. The fourth-order valence-electron chi connectivity index (χ4n) is 3.60. The van der Waals surface area contributed by atoms with Crippen LogP contribution in [0.15, 0.2) is 17.5 Å². The predicted octanol–water partition coefficient (Wildman–Crippen LogP) is -2.99. The molecule has 3 amide bonds. The first-order valence-corrected chi connectivity index (χ1v) is 10.6. The fraction of sp³-hybridized carbons (Fsp3) is 0.579. The first kappa shape index (κ1) is 25.6. The number of aliphatic imine (C=N–C) groups is 1. The largest absolute Gasteiger partial charge is 0.480 e. The van der Waals surface area contributed by atoms with Crippen LogP contribution < -0.4 is 27.8 Å². The molecule has 33 heavy (non-hydrogen) atoms. The number of carbonyl (C=O) groups excluding carboxylic acids is 3. The zero-order chi connectivity index (χ0) is 24.4. The standard InChI is InChI=1S/C19H31N9O5/c20-8-15(29)26-13(7-11-9-23-10-25-11)16(30)27-12(3-1-5-24-19(21)22)17(31)28-6-2-4-14(28)18(32)33/h9-10,12-14H,1-8,20H2,(H,23,25)(H,26,29)(H,27,30)(H,32,33)(H4,21,22,24). The van der Waals surface area contributed by atoms with E-state index in [1.807, 2.05) is 0 Å². The number of hydrogen-bond donors (Lipinski definition) is 7. The van der Waals surface area contributed by atoms with Crippen molar-refractivity contribution in [3.05, 3.63) is 18.2 Å². The molecule has 0 radical (unpaired) electrons. The maximum absolute atomic E-state index is 13.2. The van der Waals surface area contributed by atoms with Gasteiger partial charge in [-0.2, -0.15) is 0 Å². The molecule has 3 unspecified atom stereocenters. The average Bonchev–Trinajstić information content (AvgIpc) is 3.46. The quantitative estimate of drug-likeness (QED) is 0.0945. The first-order valence-electron chi connectivity index (χ1n) is 10.6. The summed E-state index contributed by atoms with van der Waals surface area (Å²) in [5.41, 5.74) is 16.6. The Morgan fingerprint density at radius 1 is 1.27 bits per heavy atom. The van der Waals surface area contributed by atoms with E-state index in [0.717, 1.165) is 0 Å². The highest BCUT2D eigenvalue weighted by Gasteiger charge is 2.38. The van der Waals surface area contributed by atoms with Crippen LogP contribution >= 0.6 is 0 Å². The number of nitrogens with two attached hydrogens (primary N) is 3. The third-order valence-corrected chi connectivity index (χ3v) is 5.20. The summed E-state index contributed by atoms with van der Waals surface area (Å²) in [7, 11) is 0. The van der Waals surface area contributed by atoms with Gasteiger partial charge < -0.3 is 42.8 Å². The van der Waals surface area contributed by atoms with Gasteiger partial charge in [0, 0.05) is 31.4 Å². The van der Waals surface area contributed by atoms with E-state index in [2.05, 4.69) is 25.6 Å². The van der Waals surface area contributed by atoms with Gasteiger partial charge >= 0.3 is 5.97 Å². The minimum Gasteiger partial charge on any atom is -0.480 e. The summed E-state index contributed by atoms with van der Waals surface area (Å²) < 4.78 is 0. The topological polar surface area (TPSA) is 235 Å². The number of carbonyl (C=O) groups is 4. The van der Waals surface area contributed by atoms with E-state index in [4.69, 9.17) is 17.2 Å². The van der Waals surface area contributed by atoms with Gasteiger partial charge in [-0.15, -0.1) is 0 Å². The Morgan fingerprint density at radius 2 is 2.03 bits per heavy atom. The van der Waals surface area contributed by atoms with Gasteiger partial charge in [-0.05, 0) is 25.7 Å². The molecular weight excluding hydrogens is 434 g/mol.